The minimum absolute atomic E-state index is 0.869. The van der Waals surface area contributed by atoms with Gasteiger partial charge in [0.25, 0.3) is 0 Å². The molecule has 2 aromatic heterocycles. The molecule has 1 aromatic carbocycles. The van der Waals surface area contributed by atoms with Crippen LogP contribution in [-0.2, 0) is 14.1 Å². The fourth-order valence-corrected chi connectivity index (χ4v) is 2.16. The largest absolute Gasteiger partial charge is 0.372 e. The van der Waals surface area contributed by atoms with Crippen LogP contribution in [0, 0.1) is 0 Å². The predicted octanol–water partition coefficient (Wildman–Crippen LogP) is 2.02. The summed E-state index contributed by atoms with van der Waals surface area (Å²) in [6.07, 6.45) is 1.83. The lowest BCUT2D eigenvalue weighted by atomic mass is 10.1. The molecule has 0 fully saturated rings. The van der Waals surface area contributed by atoms with Gasteiger partial charge in [-0.05, 0) is 12.1 Å². The Morgan fingerprint density at radius 3 is 2.72 bits per heavy atom. The molecule has 3 rings (SSSR count). The third-order valence-corrected chi connectivity index (χ3v) is 3.16. The fraction of sp³-hybridized carbons (Fsp3) is 0.231. The smallest absolute Gasteiger partial charge is 0.148 e. The predicted molar refractivity (Wildman–Crippen MR) is 72.5 cm³/mol. The molecule has 0 aliphatic heterocycles. The summed E-state index contributed by atoms with van der Waals surface area (Å²) in [5.74, 6) is 0.869. The van der Waals surface area contributed by atoms with Crippen molar-refractivity contribution in [2.75, 3.05) is 12.4 Å². The highest BCUT2D eigenvalue weighted by Gasteiger charge is 2.08. The van der Waals surface area contributed by atoms with Gasteiger partial charge in [-0.3, -0.25) is 4.68 Å². The van der Waals surface area contributed by atoms with Gasteiger partial charge in [0.05, 0.1) is 23.1 Å². The Labute approximate surface area is 105 Å². The Kier molecular flexibility index (Phi) is 2.33. The van der Waals surface area contributed by atoms with E-state index in [9.17, 15) is 0 Å². The first kappa shape index (κ1) is 10.8. The minimum atomic E-state index is 0.869. The fourth-order valence-electron chi connectivity index (χ4n) is 2.16. The highest BCUT2D eigenvalue weighted by atomic mass is 15.3. The second kappa shape index (κ2) is 3.87. The maximum absolute atomic E-state index is 4.38. The van der Waals surface area contributed by atoms with E-state index in [1.165, 1.54) is 0 Å². The standard InChI is InChI=1S/C13H15N5/c1-14-13-7-12(18(3)16-13)9-4-5-11-10(6-9)15-8-17(11)2/h4-8H,1-3H3,(H,14,16). The monoisotopic (exact) mass is 241 g/mol. The SMILES string of the molecule is CNc1cc(-c2ccc3c(c2)ncn3C)n(C)n1. The van der Waals surface area contributed by atoms with E-state index >= 15 is 0 Å². The lowest BCUT2D eigenvalue weighted by Crippen LogP contribution is -1.95. The molecular formula is C13H15N5. The van der Waals surface area contributed by atoms with Crippen molar-refractivity contribution >= 4 is 16.9 Å². The molecule has 0 saturated carbocycles. The van der Waals surface area contributed by atoms with Gasteiger partial charge in [-0.2, -0.15) is 5.10 Å². The molecule has 0 spiro atoms. The first-order valence-corrected chi connectivity index (χ1v) is 5.82. The van der Waals surface area contributed by atoms with E-state index in [0.29, 0.717) is 0 Å². The summed E-state index contributed by atoms with van der Waals surface area (Å²) in [4.78, 5) is 4.38. The van der Waals surface area contributed by atoms with E-state index < -0.39 is 0 Å². The number of hydrogen-bond donors (Lipinski definition) is 1. The van der Waals surface area contributed by atoms with Gasteiger partial charge in [0.1, 0.15) is 5.82 Å². The molecule has 2 heterocycles. The van der Waals surface area contributed by atoms with Crippen molar-refractivity contribution in [1.82, 2.24) is 19.3 Å². The van der Waals surface area contributed by atoms with Gasteiger partial charge in [0.15, 0.2) is 0 Å². The van der Waals surface area contributed by atoms with Crippen molar-refractivity contribution in [3.8, 4) is 11.3 Å². The molecule has 0 radical (unpaired) electrons. The summed E-state index contributed by atoms with van der Waals surface area (Å²) in [6.45, 7) is 0. The maximum atomic E-state index is 4.38. The number of imidazole rings is 1. The summed E-state index contributed by atoms with van der Waals surface area (Å²) in [5.41, 5.74) is 4.33. The number of nitrogens with zero attached hydrogens (tertiary/aromatic N) is 4. The highest BCUT2D eigenvalue weighted by Crippen LogP contribution is 2.25. The zero-order chi connectivity index (χ0) is 12.7. The topological polar surface area (TPSA) is 47.7 Å². The van der Waals surface area contributed by atoms with E-state index in [2.05, 4.69) is 33.6 Å². The minimum Gasteiger partial charge on any atom is -0.372 e. The lowest BCUT2D eigenvalue weighted by Gasteiger charge is -2.02. The van der Waals surface area contributed by atoms with Gasteiger partial charge in [0, 0.05) is 32.8 Å². The van der Waals surface area contributed by atoms with Gasteiger partial charge < -0.3 is 9.88 Å². The highest BCUT2D eigenvalue weighted by molar-refractivity contribution is 5.81. The number of benzene rings is 1. The van der Waals surface area contributed by atoms with Crippen molar-refractivity contribution in [1.29, 1.82) is 0 Å². The Hall–Kier alpha value is -2.30. The van der Waals surface area contributed by atoms with Crippen LogP contribution in [0.3, 0.4) is 0 Å². The first-order valence-electron chi connectivity index (χ1n) is 5.82. The van der Waals surface area contributed by atoms with Crippen LogP contribution in [0.15, 0.2) is 30.6 Å². The van der Waals surface area contributed by atoms with Crippen molar-refractivity contribution in [3.63, 3.8) is 0 Å². The van der Waals surface area contributed by atoms with Crippen LogP contribution in [0.1, 0.15) is 0 Å². The summed E-state index contributed by atoms with van der Waals surface area (Å²) in [6, 6.07) is 8.31. The molecule has 1 N–H and O–H groups in total. The number of aryl methyl sites for hydroxylation is 2. The summed E-state index contributed by atoms with van der Waals surface area (Å²) in [5, 5.41) is 7.42. The molecule has 0 amide bonds. The van der Waals surface area contributed by atoms with E-state index in [1.54, 1.807) is 0 Å². The second-order valence-electron chi connectivity index (χ2n) is 4.35. The van der Waals surface area contributed by atoms with Crippen molar-refractivity contribution in [2.45, 2.75) is 0 Å². The Balaban J connectivity index is 2.15. The Morgan fingerprint density at radius 1 is 1.17 bits per heavy atom. The maximum Gasteiger partial charge on any atom is 0.148 e. The number of fused-ring (bicyclic) bond motifs is 1. The number of rotatable bonds is 2. The van der Waals surface area contributed by atoms with Crippen molar-refractivity contribution < 1.29 is 0 Å². The van der Waals surface area contributed by atoms with Gasteiger partial charge in [0.2, 0.25) is 0 Å². The molecule has 18 heavy (non-hydrogen) atoms. The third kappa shape index (κ3) is 1.55. The summed E-state index contributed by atoms with van der Waals surface area (Å²) in [7, 11) is 5.81. The van der Waals surface area contributed by atoms with Crippen LogP contribution in [0.25, 0.3) is 22.3 Å². The van der Waals surface area contributed by atoms with Crippen LogP contribution < -0.4 is 5.32 Å². The molecular weight excluding hydrogens is 226 g/mol. The zero-order valence-corrected chi connectivity index (χ0v) is 10.7. The summed E-state index contributed by atoms with van der Waals surface area (Å²) >= 11 is 0. The van der Waals surface area contributed by atoms with E-state index in [1.807, 2.05) is 42.8 Å². The molecule has 0 bridgehead atoms. The Morgan fingerprint density at radius 2 is 2.00 bits per heavy atom. The van der Waals surface area contributed by atoms with E-state index in [-0.39, 0.29) is 0 Å². The van der Waals surface area contributed by atoms with Crippen LogP contribution >= 0.6 is 0 Å². The van der Waals surface area contributed by atoms with Crippen LogP contribution in [0.2, 0.25) is 0 Å². The molecule has 0 unspecified atom stereocenters. The number of aromatic nitrogens is 4. The van der Waals surface area contributed by atoms with Crippen molar-refractivity contribution in [3.05, 3.63) is 30.6 Å². The number of anilines is 1. The van der Waals surface area contributed by atoms with Gasteiger partial charge in [-0.1, -0.05) is 6.07 Å². The number of hydrogen-bond acceptors (Lipinski definition) is 3. The quantitative estimate of drug-likeness (QED) is 0.746. The zero-order valence-electron chi connectivity index (χ0n) is 10.7. The van der Waals surface area contributed by atoms with Gasteiger partial charge in [-0.25, -0.2) is 4.98 Å². The molecule has 0 aliphatic rings. The van der Waals surface area contributed by atoms with Gasteiger partial charge >= 0.3 is 0 Å². The Bertz CT molecular complexity index is 707. The molecule has 3 aromatic rings. The molecule has 92 valence electrons. The van der Waals surface area contributed by atoms with Crippen molar-refractivity contribution in [2.24, 2.45) is 14.1 Å². The third-order valence-electron chi connectivity index (χ3n) is 3.16. The molecule has 0 aliphatic carbocycles. The number of nitrogens with one attached hydrogen (secondary N) is 1. The molecule has 5 nitrogen and oxygen atoms in total. The van der Waals surface area contributed by atoms with Gasteiger partial charge in [-0.15, -0.1) is 0 Å². The normalized spacial score (nSPS) is 11.1. The average Bonchev–Trinajstić information content (AvgIpc) is 2.93. The lowest BCUT2D eigenvalue weighted by molar-refractivity contribution is 0.779. The molecule has 0 saturated heterocycles. The van der Waals surface area contributed by atoms with Crippen LogP contribution in [-0.4, -0.2) is 26.4 Å². The average molecular weight is 241 g/mol. The van der Waals surface area contributed by atoms with E-state index in [4.69, 9.17) is 0 Å². The van der Waals surface area contributed by atoms with E-state index in [0.717, 1.165) is 28.1 Å². The van der Waals surface area contributed by atoms with Crippen LogP contribution in [0.5, 0.6) is 0 Å². The first-order chi connectivity index (χ1) is 8.69. The molecule has 5 heteroatoms. The summed E-state index contributed by atoms with van der Waals surface area (Å²) < 4.78 is 3.89. The van der Waals surface area contributed by atoms with Crippen LogP contribution in [0.4, 0.5) is 5.82 Å². The molecule has 0 atom stereocenters. The second-order valence-corrected chi connectivity index (χ2v) is 4.35.